The Bertz CT molecular complexity index is 578. The van der Waals surface area contributed by atoms with E-state index in [0.717, 1.165) is 47.6 Å². The molecule has 0 saturated heterocycles. The summed E-state index contributed by atoms with van der Waals surface area (Å²) in [5, 5.41) is 4.56. The maximum atomic E-state index is 5.85. The summed E-state index contributed by atoms with van der Waals surface area (Å²) in [4.78, 5) is 4.81. The predicted octanol–water partition coefficient (Wildman–Crippen LogP) is 4.58. The summed E-state index contributed by atoms with van der Waals surface area (Å²) in [5.41, 5.74) is 3.20. The van der Waals surface area contributed by atoms with E-state index >= 15 is 0 Å². The number of rotatable bonds is 6. The lowest BCUT2D eigenvalue weighted by Gasteiger charge is -2.15. The third kappa shape index (κ3) is 3.03. The molecule has 0 spiro atoms. The number of aromatic nitrogens is 1. The molecule has 0 amide bonds. The van der Waals surface area contributed by atoms with Crippen molar-refractivity contribution in [1.82, 2.24) is 4.98 Å². The van der Waals surface area contributed by atoms with Crippen LogP contribution in [0.4, 0.5) is 5.69 Å². The molecule has 1 aromatic carbocycles. The first-order valence-electron chi connectivity index (χ1n) is 7.47. The number of hydrogen-bond acceptors (Lipinski definition) is 3. The van der Waals surface area contributed by atoms with Crippen LogP contribution in [0.5, 0.6) is 5.75 Å². The molecule has 0 bridgehead atoms. The molecular weight excluding hydrogens is 248 g/mol. The van der Waals surface area contributed by atoms with E-state index in [2.05, 4.69) is 45.1 Å². The molecule has 0 radical (unpaired) electrons. The molecule has 0 aliphatic carbocycles. The normalized spacial score (nSPS) is 11.1. The Morgan fingerprint density at radius 3 is 2.70 bits per heavy atom. The minimum atomic E-state index is 0.399. The van der Waals surface area contributed by atoms with E-state index in [-0.39, 0.29) is 0 Å². The van der Waals surface area contributed by atoms with Crippen molar-refractivity contribution in [2.24, 2.45) is 0 Å². The molecule has 0 unspecified atom stereocenters. The van der Waals surface area contributed by atoms with Crippen LogP contribution in [0.25, 0.3) is 10.9 Å². The van der Waals surface area contributed by atoms with Gasteiger partial charge in [0.25, 0.3) is 0 Å². The summed E-state index contributed by atoms with van der Waals surface area (Å²) < 4.78 is 5.85. The lowest BCUT2D eigenvalue weighted by Crippen LogP contribution is -2.03. The number of para-hydroxylation sites is 1. The van der Waals surface area contributed by atoms with Gasteiger partial charge in [-0.25, -0.2) is 4.98 Å². The standard InChI is InChI=1S/C17H24N2O/c1-5-10-20-16-9-7-8-13-15(18-6-2)11-14(12(3)4)19-17(13)16/h7-9,11-12H,5-6,10H2,1-4H3,(H,18,19). The van der Waals surface area contributed by atoms with Crippen molar-refractivity contribution < 1.29 is 4.74 Å². The quantitative estimate of drug-likeness (QED) is 0.835. The predicted molar refractivity (Wildman–Crippen MR) is 85.8 cm³/mol. The van der Waals surface area contributed by atoms with Crippen molar-refractivity contribution >= 4 is 16.6 Å². The fourth-order valence-corrected chi connectivity index (χ4v) is 2.20. The molecule has 0 aliphatic rings. The second kappa shape index (κ2) is 6.60. The summed E-state index contributed by atoms with van der Waals surface area (Å²) in [5.74, 6) is 1.28. The van der Waals surface area contributed by atoms with E-state index < -0.39 is 0 Å². The Kier molecular flexibility index (Phi) is 4.83. The zero-order chi connectivity index (χ0) is 14.5. The molecule has 0 aliphatic heterocycles. The number of nitrogens with one attached hydrogen (secondary N) is 1. The van der Waals surface area contributed by atoms with Gasteiger partial charge in [0.2, 0.25) is 0 Å². The molecule has 3 nitrogen and oxygen atoms in total. The van der Waals surface area contributed by atoms with Crippen molar-refractivity contribution in [3.8, 4) is 5.75 Å². The molecule has 1 heterocycles. The third-order valence-corrected chi connectivity index (χ3v) is 3.24. The Morgan fingerprint density at radius 2 is 2.05 bits per heavy atom. The number of ether oxygens (including phenoxy) is 1. The average Bonchev–Trinajstić information content (AvgIpc) is 2.45. The van der Waals surface area contributed by atoms with Crippen LogP contribution >= 0.6 is 0 Å². The van der Waals surface area contributed by atoms with Gasteiger partial charge < -0.3 is 10.1 Å². The zero-order valence-electron chi connectivity index (χ0n) is 12.9. The van der Waals surface area contributed by atoms with E-state index in [1.54, 1.807) is 0 Å². The van der Waals surface area contributed by atoms with E-state index in [4.69, 9.17) is 9.72 Å². The lowest BCUT2D eigenvalue weighted by atomic mass is 10.1. The number of fused-ring (bicyclic) bond motifs is 1. The second-order valence-corrected chi connectivity index (χ2v) is 5.28. The largest absolute Gasteiger partial charge is 0.491 e. The van der Waals surface area contributed by atoms with Gasteiger partial charge in [-0.1, -0.05) is 32.9 Å². The monoisotopic (exact) mass is 272 g/mol. The highest BCUT2D eigenvalue weighted by Crippen LogP contribution is 2.32. The van der Waals surface area contributed by atoms with E-state index in [9.17, 15) is 0 Å². The summed E-state index contributed by atoms with van der Waals surface area (Å²) >= 11 is 0. The fourth-order valence-electron chi connectivity index (χ4n) is 2.20. The molecule has 0 fully saturated rings. The van der Waals surface area contributed by atoms with Gasteiger partial charge in [0.15, 0.2) is 0 Å². The molecule has 0 saturated carbocycles. The van der Waals surface area contributed by atoms with Crippen LogP contribution in [-0.2, 0) is 0 Å². The highest BCUT2D eigenvalue weighted by Gasteiger charge is 2.11. The van der Waals surface area contributed by atoms with E-state index in [1.165, 1.54) is 0 Å². The number of pyridine rings is 1. The fraction of sp³-hybridized carbons (Fsp3) is 0.471. The van der Waals surface area contributed by atoms with Gasteiger partial charge in [-0.05, 0) is 31.4 Å². The highest BCUT2D eigenvalue weighted by molar-refractivity contribution is 5.95. The minimum Gasteiger partial charge on any atom is -0.491 e. The number of nitrogens with zero attached hydrogens (tertiary/aromatic N) is 1. The van der Waals surface area contributed by atoms with Crippen molar-refractivity contribution in [3.05, 3.63) is 30.0 Å². The third-order valence-electron chi connectivity index (χ3n) is 3.24. The Morgan fingerprint density at radius 1 is 1.25 bits per heavy atom. The van der Waals surface area contributed by atoms with Crippen LogP contribution in [0.3, 0.4) is 0 Å². The van der Waals surface area contributed by atoms with Crippen molar-refractivity contribution in [2.75, 3.05) is 18.5 Å². The molecule has 1 N–H and O–H groups in total. The molecule has 2 aromatic rings. The first-order chi connectivity index (χ1) is 9.67. The van der Waals surface area contributed by atoms with E-state index in [1.807, 2.05) is 12.1 Å². The molecule has 108 valence electrons. The highest BCUT2D eigenvalue weighted by atomic mass is 16.5. The van der Waals surface area contributed by atoms with Crippen LogP contribution in [0.2, 0.25) is 0 Å². The van der Waals surface area contributed by atoms with Crippen LogP contribution in [0.15, 0.2) is 24.3 Å². The van der Waals surface area contributed by atoms with Crippen LogP contribution in [-0.4, -0.2) is 18.1 Å². The van der Waals surface area contributed by atoms with Gasteiger partial charge >= 0.3 is 0 Å². The Hall–Kier alpha value is -1.77. The molecular formula is C17H24N2O. The molecule has 0 atom stereocenters. The van der Waals surface area contributed by atoms with Gasteiger partial charge in [0.05, 0.1) is 6.61 Å². The van der Waals surface area contributed by atoms with Crippen molar-refractivity contribution in [3.63, 3.8) is 0 Å². The van der Waals surface area contributed by atoms with Crippen molar-refractivity contribution in [1.29, 1.82) is 0 Å². The zero-order valence-corrected chi connectivity index (χ0v) is 12.9. The summed E-state index contributed by atoms with van der Waals surface area (Å²) in [6, 6.07) is 8.29. The van der Waals surface area contributed by atoms with Crippen LogP contribution in [0, 0.1) is 0 Å². The summed E-state index contributed by atoms with van der Waals surface area (Å²) in [6.45, 7) is 10.2. The Balaban J connectivity index is 2.59. The first kappa shape index (κ1) is 14.6. The summed E-state index contributed by atoms with van der Waals surface area (Å²) in [6.07, 6.45) is 1.00. The Labute approximate surface area is 121 Å². The molecule has 2 rings (SSSR count). The molecule has 1 aromatic heterocycles. The SMILES string of the molecule is CCCOc1cccc2c(NCC)cc(C(C)C)nc12. The van der Waals surface area contributed by atoms with Crippen LogP contribution < -0.4 is 10.1 Å². The minimum absolute atomic E-state index is 0.399. The second-order valence-electron chi connectivity index (χ2n) is 5.28. The van der Waals surface area contributed by atoms with E-state index in [0.29, 0.717) is 5.92 Å². The maximum absolute atomic E-state index is 5.85. The molecule has 20 heavy (non-hydrogen) atoms. The van der Waals surface area contributed by atoms with Gasteiger partial charge in [0, 0.05) is 23.3 Å². The van der Waals surface area contributed by atoms with Crippen molar-refractivity contribution in [2.45, 2.75) is 40.0 Å². The average molecular weight is 272 g/mol. The topological polar surface area (TPSA) is 34.1 Å². The first-order valence-corrected chi connectivity index (χ1v) is 7.47. The summed E-state index contributed by atoms with van der Waals surface area (Å²) in [7, 11) is 0. The molecule has 3 heteroatoms. The van der Waals surface area contributed by atoms with Crippen LogP contribution in [0.1, 0.15) is 45.7 Å². The maximum Gasteiger partial charge on any atom is 0.145 e. The smallest absolute Gasteiger partial charge is 0.145 e. The van der Waals surface area contributed by atoms with Gasteiger partial charge in [-0.2, -0.15) is 0 Å². The number of anilines is 1. The number of benzene rings is 1. The number of hydrogen-bond donors (Lipinski definition) is 1. The lowest BCUT2D eigenvalue weighted by molar-refractivity contribution is 0.320. The van der Waals surface area contributed by atoms with Gasteiger partial charge in [-0.15, -0.1) is 0 Å². The van der Waals surface area contributed by atoms with Gasteiger partial charge in [0.1, 0.15) is 11.3 Å². The van der Waals surface area contributed by atoms with Gasteiger partial charge in [-0.3, -0.25) is 0 Å².